The summed E-state index contributed by atoms with van der Waals surface area (Å²) in [6.07, 6.45) is 2.35. The largest absolute Gasteiger partial charge is 0.497 e. The molecule has 80 valence electrons. The van der Waals surface area contributed by atoms with E-state index in [0.29, 0.717) is 6.42 Å². The van der Waals surface area contributed by atoms with Crippen LogP contribution in [0, 0.1) is 0 Å². The number of carboxylic acid groups (broad SMARTS) is 1. The van der Waals surface area contributed by atoms with Gasteiger partial charge in [0, 0.05) is 6.42 Å². The molecule has 0 aliphatic carbocycles. The van der Waals surface area contributed by atoms with Crippen LogP contribution >= 0.6 is 0 Å². The molecule has 1 N–H and O–H groups in total. The smallest absolute Gasteiger partial charge is 0.303 e. The first kappa shape index (κ1) is 11.3. The first-order valence-electron chi connectivity index (χ1n) is 4.68. The van der Waals surface area contributed by atoms with Gasteiger partial charge in [-0.3, -0.25) is 4.79 Å². The average molecular weight is 206 g/mol. The summed E-state index contributed by atoms with van der Waals surface area (Å²) in [5.41, 5.74) is 1.91. The number of aliphatic carboxylic acids is 1. The van der Waals surface area contributed by atoms with Crippen molar-refractivity contribution in [2.24, 2.45) is 0 Å². The summed E-state index contributed by atoms with van der Waals surface area (Å²) < 4.78 is 5.07. The van der Waals surface area contributed by atoms with E-state index in [1.165, 1.54) is 0 Å². The van der Waals surface area contributed by atoms with Crippen LogP contribution in [-0.4, -0.2) is 18.2 Å². The van der Waals surface area contributed by atoms with Gasteiger partial charge in [0.25, 0.3) is 0 Å². The van der Waals surface area contributed by atoms with Gasteiger partial charge in [-0.05, 0) is 29.7 Å². The number of aryl methyl sites for hydroxylation is 1. The molecule has 1 aromatic carbocycles. The molecule has 0 radical (unpaired) electrons. The Morgan fingerprint density at radius 2 is 2.33 bits per heavy atom. The highest BCUT2D eigenvalue weighted by Gasteiger charge is 2.04. The van der Waals surface area contributed by atoms with Crippen LogP contribution in [0.1, 0.15) is 17.5 Å². The summed E-state index contributed by atoms with van der Waals surface area (Å²) in [5, 5.41) is 8.59. The van der Waals surface area contributed by atoms with E-state index < -0.39 is 5.97 Å². The predicted molar refractivity (Wildman–Crippen MR) is 59.0 cm³/mol. The molecular weight excluding hydrogens is 192 g/mol. The lowest BCUT2D eigenvalue weighted by molar-refractivity contribution is -0.136. The lowest BCUT2D eigenvalue weighted by Crippen LogP contribution is -1.99. The molecular formula is C12H14O3. The highest BCUT2D eigenvalue weighted by molar-refractivity contribution is 5.67. The summed E-state index contributed by atoms with van der Waals surface area (Å²) in [4.78, 5) is 10.4. The van der Waals surface area contributed by atoms with Gasteiger partial charge in [-0.25, -0.2) is 0 Å². The highest BCUT2D eigenvalue weighted by atomic mass is 16.5. The summed E-state index contributed by atoms with van der Waals surface area (Å²) in [5.74, 6) is -0.0372. The van der Waals surface area contributed by atoms with E-state index >= 15 is 0 Å². The third kappa shape index (κ3) is 3.13. The Bertz CT molecular complexity index is 369. The van der Waals surface area contributed by atoms with Crippen LogP contribution in [0.2, 0.25) is 0 Å². The molecule has 0 saturated heterocycles. The van der Waals surface area contributed by atoms with Crippen LogP contribution in [0.5, 0.6) is 5.75 Å². The SMILES string of the molecule is C=Cc1cc(OC)ccc1CCC(=O)O. The lowest BCUT2D eigenvalue weighted by Gasteiger charge is -2.07. The normalized spacial score (nSPS) is 9.67. The monoisotopic (exact) mass is 206 g/mol. The quantitative estimate of drug-likeness (QED) is 0.804. The van der Waals surface area contributed by atoms with Crippen molar-refractivity contribution in [2.75, 3.05) is 7.11 Å². The van der Waals surface area contributed by atoms with Gasteiger partial charge >= 0.3 is 5.97 Å². The van der Waals surface area contributed by atoms with Crippen molar-refractivity contribution in [2.45, 2.75) is 12.8 Å². The number of methoxy groups -OCH3 is 1. The zero-order valence-corrected chi connectivity index (χ0v) is 8.69. The summed E-state index contributed by atoms with van der Waals surface area (Å²) in [6.45, 7) is 3.69. The van der Waals surface area contributed by atoms with Crippen LogP contribution in [0.4, 0.5) is 0 Å². The van der Waals surface area contributed by atoms with Gasteiger partial charge in [-0.2, -0.15) is 0 Å². The topological polar surface area (TPSA) is 46.5 Å². The molecule has 1 rings (SSSR count). The van der Waals surface area contributed by atoms with Gasteiger partial charge in [-0.15, -0.1) is 0 Å². The first-order valence-corrected chi connectivity index (χ1v) is 4.68. The number of benzene rings is 1. The van der Waals surface area contributed by atoms with E-state index in [1.807, 2.05) is 18.2 Å². The number of hydrogen-bond acceptors (Lipinski definition) is 2. The van der Waals surface area contributed by atoms with Crippen LogP contribution in [0.25, 0.3) is 6.08 Å². The Hall–Kier alpha value is -1.77. The average Bonchev–Trinajstić information content (AvgIpc) is 2.25. The molecule has 3 nitrogen and oxygen atoms in total. The standard InChI is InChI=1S/C12H14O3/c1-3-9-8-11(15-2)6-4-10(9)5-7-12(13)14/h3-4,6,8H,1,5,7H2,2H3,(H,13,14). The van der Waals surface area contributed by atoms with Crippen molar-refractivity contribution in [3.8, 4) is 5.75 Å². The maximum absolute atomic E-state index is 10.4. The van der Waals surface area contributed by atoms with E-state index in [1.54, 1.807) is 13.2 Å². The maximum Gasteiger partial charge on any atom is 0.303 e. The fourth-order valence-electron chi connectivity index (χ4n) is 1.36. The van der Waals surface area contributed by atoms with Gasteiger partial charge in [0.05, 0.1) is 7.11 Å². The number of rotatable bonds is 5. The minimum Gasteiger partial charge on any atom is -0.497 e. The Balaban J connectivity index is 2.87. The third-order valence-electron chi connectivity index (χ3n) is 2.18. The minimum atomic E-state index is -0.791. The van der Waals surface area contributed by atoms with Crippen LogP contribution in [0.3, 0.4) is 0 Å². The molecule has 0 aromatic heterocycles. The molecule has 0 heterocycles. The molecule has 0 fully saturated rings. The second-order valence-electron chi connectivity index (χ2n) is 3.16. The van der Waals surface area contributed by atoms with Gasteiger partial charge < -0.3 is 9.84 Å². The van der Waals surface area contributed by atoms with Crippen LogP contribution in [0.15, 0.2) is 24.8 Å². The van der Waals surface area contributed by atoms with Crippen molar-refractivity contribution >= 4 is 12.0 Å². The second-order valence-corrected chi connectivity index (χ2v) is 3.16. The van der Waals surface area contributed by atoms with E-state index in [2.05, 4.69) is 6.58 Å². The van der Waals surface area contributed by atoms with Gasteiger partial charge in [0.1, 0.15) is 5.75 Å². The minimum absolute atomic E-state index is 0.132. The fraction of sp³-hybridized carbons (Fsp3) is 0.250. The van der Waals surface area contributed by atoms with Crippen LogP contribution in [-0.2, 0) is 11.2 Å². The summed E-state index contributed by atoms with van der Waals surface area (Å²) >= 11 is 0. The van der Waals surface area contributed by atoms with E-state index in [0.717, 1.165) is 16.9 Å². The molecule has 0 aliphatic heterocycles. The van der Waals surface area contributed by atoms with E-state index in [4.69, 9.17) is 9.84 Å². The van der Waals surface area contributed by atoms with E-state index in [-0.39, 0.29) is 6.42 Å². The predicted octanol–water partition coefficient (Wildman–Crippen LogP) is 2.36. The molecule has 0 aliphatic rings. The van der Waals surface area contributed by atoms with E-state index in [9.17, 15) is 4.79 Å². The summed E-state index contributed by atoms with van der Waals surface area (Å²) in [6, 6.07) is 5.55. The number of hydrogen-bond donors (Lipinski definition) is 1. The van der Waals surface area contributed by atoms with Crippen molar-refractivity contribution in [1.29, 1.82) is 0 Å². The molecule has 3 heteroatoms. The number of ether oxygens (including phenoxy) is 1. The van der Waals surface area contributed by atoms with Gasteiger partial charge in [0.2, 0.25) is 0 Å². The molecule has 0 unspecified atom stereocenters. The van der Waals surface area contributed by atoms with Crippen molar-refractivity contribution in [3.63, 3.8) is 0 Å². The van der Waals surface area contributed by atoms with Crippen molar-refractivity contribution in [3.05, 3.63) is 35.9 Å². The van der Waals surface area contributed by atoms with Crippen molar-refractivity contribution in [1.82, 2.24) is 0 Å². The van der Waals surface area contributed by atoms with Gasteiger partial charge in [0.15, 0.2) is 0 Å². The fourth-order valence-corrected chi connectivity index (χ4v) is 1.36. The highest BCUT2D eigenvalue weighted by Crippen LogP contribution is 2.19. The zero-order chi connectivity index (χ0) is 11.3. The molecule has 0 bridgehead atoms. The maximum atomic E-state index is 10.4. The Morgan fingerprint density at radius 3 is 2.87 bits per heavy atom. The number of carboxylic acids is 1. The molecule has 0 spiro atoms. The number of carbonyl (C=O) groups is 1. The molecule has 0 saturated carbocycles. The van der Waals surface area contributed by atoms with Crippen molar-refractivity contribution < 1.29 is 14.6 Å². The lowest BCUT2D eigenvalue weighted by atomic mass is 10.0. The zero-order valence-electron chi connectivity index (χ0n) is 8.69. The Morgan fingerprint density at radius 1 is 1.60 bits per heavy atom. The molecule has 0 atom stereocenters. The third-order valence-corrected chi connectivity index (χ3v) is 2.18. The van der Waals surface area contributed by atoms with Crippen LogP contribution < -0.4 is 4.74 Å². The Labute approximate surface area is 89.0 Å². The molecule has 0 amide bonds. The van der Waals surface area contributed by atoms with Gasteiger partial charge in [-0.1, -0.05) is 18.7 Å². The second kappa shape index (κ2) is 5.20. The Kier molecular flexibility index (Phi) is 3.92. The molecule has 1 aromatic rings. The summed E-state index contributed by atoms with van der Waals surface area (Å²) in [7, 11) is 1.60. The first-order chi connectivity index (χ1) is 7.17. The molecule has 15 heavy (non-hydrogen) atoms.